The summed E-state index contributed by atoms with van der Waals surface area (Å²) < 4.78 is 0. The molecule has 2 atom stereocenters. The van der Waals surface area contributed by atoms with E-state index in [4.69, 9.17) is 16.7 Å². The van der Waals surface area contributed by atoms with Crippen LogP contribution in [0.4, 0.5) is 5.69 Å². The van der Waals surface area contributed by atoms with E-state index in [9.17, 15) is 9.59 Å². The topological polar surface area (TPSA) is 66.4 Å². The van der Waals surface area contributed by atoms with Gasteiger partial charge in [-0.3, -0.25) is 4.79 Å². The van der Waals surface area contributed by atoms with Crippen molar-refractivity contribution in [2.24, 2.45) is 17.8 Å². The Morgan fingerprint density at radius 1 is 1.20 bits per heavy atom. The fraction of sp³-hybridized carbons (Fsp3) is 0.467. The molecule has 0 heterocycles. The smallest absolute Gasteiger partial charge is 0.337 e. The van der Waals surface area contributed by atoms with E-state index in [1.165, 1.54) is 25.0 Å². The zero-order valence-electron chi connectivity index (χ0n) is 10.9. The van der Waals surface area contributed by atoms with Gasteiger partial charge in [0.1, 0.15) is 0 Å². The Morgan fingerprint density at radius 3 is 2.45 bits per heavy atom. The first-order valence-corrected chi connectivity index (χ1v) is 7.29. The van der Waals surface area contributed by atoms with Crippen LogP contribution in [-0.2, 0) is 4.79 Å². The first kappa shape index (κ1) is 13.4. The predicted octanol–water partition coefficient (Wildman–Crippen LogP) is 3.41. The Bertz CT molecular complexity index is 560. The lowest BCUT2D eigenvalue weighted by Crippen LogP contribution is -2.16. The number of anilines is 1. The molecule has 3 rings (SSSR count). The maximum Gasteiger partial charge on any atom is 0.337 e. The second kappa shape index (κ2) is 5.09. The van der Waals surface area contributed by atoms with Gasteiger partial charge in [-0.05, 0) is 42.9 Å². The lowest BCUT2D eigenvalue weighted by atomic mass is 10.0. The molecule has 0 spiro atoms. The van der Waals surface area contributed by atoms with Crippen molar-refractivity contribution < 1.29 is 14.7 Å². The number of hydrogen-bond acceptors (Lipinski definition) is 2. The van der Waals surface area contributed by atoms with Crippen LogP contribution in [0.1, 0.15) is 36.0 Å². The minimum atomic E-state index is -1.09. The van der Waals surface area contributed by atoms with Crippen LogP contribution in [0.3, 0.4) is 0 Å². The van der Waals surface area contributed by atoms with Crippen LogP contribution in [0, 0.1) is 17.8 Å². The van der Waals surface area contributed by atoms with E-state index < -0.39 is 5.97 Å². The Balaban J connectivity index is 1.70. The summed E-state index contributed by atoms with van der Waals surface area (Å²) in [5.41, 5.74) is 0.512. The van der Waals surface area contributed by atoms with Gasteiger partial charge in [-0.25, -0.2) is 4.79 Å². The standard InChI is InChI=1S/C15H16ClNO3/c16-12-6-5-8(7-11(12)15(19)20)17-14(18)13-9-3-1-2-4-10(9)13/h5-7,9-10,13H,1-4H2,(H,17,18)(H,19,20). The van der Waals surface area contributed by atoms with Crippen LogP contribution >= 0.6 is 11.6 Å². The highest BCUT2D eigenvalue weighted by molar-refractivity contribution is 6.33. The number of carboxylic acid groups (broad SMARTS) is 1. The molecule has 4 nitrogen and oxygen atoms in total. The van der Waals surface area contributed by atoms with E-state index in [1.807, 2.05) is 0 Å². The number of rotatable bonds is 3. The number of carboxylic acids is 1. The molecule has 1 aromatic carbocycles. The van der Waals surface area contributed by atoms with E-state index in [0.29, 0.717) is 17.5 Å². The number of nitrogens with one attached hydrogen (secondary N) is 1. The summed E-state index contributed by atoms with van der Waals surface area (Å²) in [4.78, 5) is 23.2. The average Bonchev–Trinajstić information content (AvgIpc) is 3.15. The van der Waals surface area contributed by atoms with E-state index in [0.717, 1.165) is 12.8 Å². The van der Waals surface area contributed by atoms with Gasteiger partial charge >= 0.3 is 5.97 Å². The van der Waals surface area contributed by atoms with Crippen molar-refractivity contribution in [2.45, 2.75) is 25.7 Å². The summed E-state index contributed by atoms with van der Waals surface area (Å²) >= 11 is 5.81. The summed E-state index contributed by atoms with van der Waals surface area (Å²) in [6.45, 7) is 0. The molecule has 2 aliphatic carbocycles. The van der Waals surface area contributed by atoms with Crippen molar-refractivity contribution >= 4 is 29.2 Å². The van der Waals surface area contributed by atoms with Gasteiger partial charge in [-0.15, -0.1) is 0 Å². The third kappa shape index (κ3) is 2.40. The number of carbonyl (C=O) groups excluding carboxylic acids is 1. The molecule has 0 saturated heterocycles. The van der Waals surface area contributed by atoms with Gasteiger partial charge in [0, 0.05) is 11.6 Å². The molecule has 2 saturated carbocycles. The van der Waals surface area contributed by atoms with Gasteiger partial charge in [-0.2, -0.15) is 0 Å². The van der Waals surface area contributed by atoms with Gasteiger partial charge in [-0.1, -0.05) is 24.4 Å². The van der Waals surface area contributed by atoms with Crippen molar-refractivity contribution in [3.8, 4) is 0 Å². The number of amides is 1. The number of benzene rings is 1. The van der Waals surface area contributed by atoms with Crippen LogP contribution in [0.15, 0.2) is 18.2 Å². The fourth-order valence-electron chi connectivity index (χ4n) is 3.37. The quantitative estimate of drug-likeness (QED) is 0.897. The van der Waals surface area contributed by atoms with Crippen molar-refractivity contribution in [3.05, 3.63) is 28.8 Å². The highest BCUT2D eigenvalue weighted by Gasteiger charge is 2.54. The predicted molar refractivity (Wildman–Crippen MR) is 76.0 cm³/mol. The number of aromatic carboxylic acids is 1. The molecule has 2 aliphatic rings. The van der Waals surface area contributed by atoms with Crippen LogP contribution < -0.4 is 5.32 Å². The molecular formula is C15H16ClNO3. The van der Waals surface area contributed by atoms with Crippen LogP contribution in [-0.4, -0.2) is 17.0 Å². The SMILES string of the molecule is O=C(O)c1cc(NC(=O)C2C3CCCCC32)ccc1Cl. The average molecular weight is 294 g/mol. The molecule has 20 heavy (non-hydrogen) atoms. The largest absolute Gasteiger partial charge is 0.478 e. The lowest BCUT2D eigenvalue weighted by Gasteiger charge is -2.07. The normalized spacial score (nSPS) is 27.6. The van der Waals surface area contributed by atoms with E-state index >= 15 is 0 Å². The Hall–Kier alpha value is -1.55. The van der Waals surface area contributed by atoms with Gasteiger partial charge in [0.2, 0.25) is 5.91 Å². The zero-order valence-corrected chi connectivity index (χ0v) is 11.7. The molecule has 2 N–H and O–H groups in total. The summed E-state index contributed by atoms with van der Waals surface area (Å²) in [5, 5.41) is 12.0. The van der Waals surface area contributed by atoms with Gasteiger partial charge in [0.25, 0.3) is 0 Å². The highest BCUT2D eigenvalue weighted by Crippen LogP contribution is 2.55. The number of fused-ring (bicyclic) bond motifs is 1. The molecule has 1 amide bonds. The second-order valence-corrected chi connectivity index (χ2v) is 6.03. The molecule has 2 unspecified atom stereocenters. The van der Waals surface area contributed by atoms with Crippen LogP contribution in [0.25, 0.3) is 0 Å². The minimum absolute atomic E-state index is 0.0117. The molecular weight excluding hydrogens is 278 g/mol. The third-order valence-electron chi connectivity index (χ3n) is 4.42. The maximum atomic E-state index is 12.2. The molecule has 2 fully saturated rings. The molecule has 0 bridgehead atoms. The minimum Gasteiger partial charge on any atom is -0.478 e. The van der Waals surface area contributed by atoms with Crippen molar-refractivity contribution in [1.82, 2.24) is 0 Å². The van der Waals surface area contributed by atoms with E-state index in [2.05, 4.69) is 5.32 Å². The van der Waals surface area contributed by atoms with Gasteiger partial charge in [0.05, 0.1) is 10.6 Å². The summed E-state index contributed by atoms with van der Waals surface area (Å²) in [6, 6.07) is 4.55. The molecule has 0 aliphatic heterocycles. The second-order valence-electron chi connectivity index (χ2n) is 5.63. The van der Waals surface area contributed by atoms with Gasteiger partial charge < -0.3 is 10.4 Å². The zero-order chi connectivity index (χ0) is 14.3. The molecule has 106 valence electrons. The van der Waals surface area contributed by atoms with E-state index in [-0.39, 0.29) is 22.4 Å². The van der Waals surface area contributed by atoms with Crippen molar-refractivity contribution in [1.29, 1.82) is 0 Å². The first-order valence-electron chi connectivity index (χ1n) is 6.91. The Morgan fingerprint density at radius 2 is 1.85 bits per heavy atom. The van der Waals surface area contributed by atoms with E-state index in [1.54, 1.807) is 6.07 Å². The number of carbonyl (C=O) groups is 2. The van der Waals surface area contributed by atoms with Crippen LogP contribution in [0.2, 0.25) is 5.02 Å². The molecule has 0 radical (unpaired) electrons. The first-order chi connectivity index (χ1) is 9.58. The van der Waals surface area contributed by atoms with Crippen LogP contribution in [0.5, 0.6) is 0 Å². The molecule has 1 aromatic rings. The number of halogens is 1. The van der Waals surface area contributed by atoms with Crippen molar-refractivity contribution in [2.75, 3.05) is 5.32 Å². The maximum absolute atomic E-state index is 12.2. The van der Waals surface area contributed by atoms with Crippen molar-refractivity contribution in [3.63, 3.8) is 0 Å². The van der Waals surface area contributed by atoms with Gasteiger partial charge in [0.15, 0.2) is 0 Å². The fourth-order valence-corrected chi connectivity index (χ4v) is 3.57. The summed E-state index contributed by atoms with van der Waals surface area (Å²) in [5.74, 6) is 0.109. The number of hydrogen-bond donors (Lipinski definition) is 2. The summed E-state index contributed by atoms with van der Waals surface area (Å²) in [6.07, 6.45) is 4.72. The highest BCUT2D eigenvalue weighted by atomic mass is 35.5. The molecule has 0 aromatic heterocycles. The summed E-state index contributed by atoms with van der Waals surface area (Å²) in [7, 11) is 0. The molecule has 5 heteroatoms. The Kier molecular flexibility index (Phi) is 3.42. The third-order valence-corrected chi connectivity index (χ3v) is 4.75. The lowest BCUT2D eigenvalue weighted by molar-refractivity contribution is -0.117. The monoisotopic (exact) mass is 293 g/mol. The Labute approximate surface area is 122 Å².